The fourth-order valence-corrected chi connectivity index (χ4v) is 5.96. The molecule has 2 saturated carbocycles. The van der Waals surface area contributed by atoms with Crippen molar-refractivity contribution in [2.24, 2.45) is 17.1 Å². The van der Waals surface area contributed by atoms with Gasteiger partial charge in [0.1, 0.15) is 17.4 Å². The molecule has 0 bridgehead atoms. The van der Waals surface area contributed by atoms with E-state index < -0.39 is 0 Å². The molecule has 248 valence electrons. The van der Waals surface area contributed by atoms with Gasteiger partial charge in [0, 0.05) is 48.5 Å². The van der Waals surface area contributed by atoms with E-state index >= 15 is 0 Å². The van der Waals surface area contributed by atoms with Crippen LogP contribution in [0.4, 0.5) is 0 Å². The third-order valence-corrected chi connectivity index (χ3v) is 9.17. The summed E-state index contributed by atoms with van der Waals surface area (Å²) in [6.07, 6.45) is 17.9. The predicted octanol–water partition coefficient (Wildman–Crippen LogP) is 7.81. The Bertz CT molecular complexity index is 1320. The topological polar surface area (TPSA) is 114 Å². The van der Waals surface area contributed by atoms with Crippen LogP contribution in [0.15, 0.2) is 30.5 Å². The van der Waals surface area contributed by atoms with Gasteiger partial charge in [-0.3, -0.25) is 14.6 Å². The van der Waals surface area contributed by atoms with Gasteiger partial charge in [-0.25, -0.2) is 4.98 Å². The number of ketones is 1. The van der Waals surface area contributed by atoms with Gasteiger partial charge in [-0.1, -0.05) is 39.7 Å². The molecule has 0 radical (unpaired) electrons. The number of Topliss-reactive ketones (excluding diaryl/α,β-unsaturated/α-hetero) is 1. The molecule has 1 aliphatic heterocycles. The number of primary amides is 1. The van der Waals surface area contributed by atoms with Crippen LogP contribution in [-0.2, 0) is 16.0 Å². The molecule has 1 saturated heterocycles. The highest BCUT2D eigenvalue weighted by molar-refractivity contribution is 5.87. The van der Waals surface area contributed by atoms with Crippen LogP contribution in [0.2, 0.25) is 0 Å². The van der Waals surface area contributed by atoms with Gasteiger partial charge in [-0.05, 0) is 94.8 Å². The lowest BCUT2D eigenvalue weighted by molar-refractivity contribution is -0.118. The van der Waals surface area contributed by atoms with Crippen molar-refractivity contribution in [1.29, 1.82) is 0 Å². The largest absolute Gasteiger partial charge is 0.496 e. The van der Waals surface area contributed by atoms with Crippen LogP contribution >= 0.6 is 0 Å². The summed E-state index contributed by atoms with van der Waals surface area (Å²) in [6.45, 7) is 12.2. The number of imidazole rings is 1. The number of benzene rings is 1. The molecule has 0 atom stereocenters. The van der Waals surface area contributed by atoms with Crippen LogP contribution < -0.4 is 10.5 Å². The number of nitrogens with two attached hydrogens (primary N) is 1. The number of unbranched alkanes of at least 4 members (excludes halogenated alkanes) is 3. The fraction of sp³-hybridized carbons (Fsp3) is 0.622. The Morgan fingerprint density at radius 3 is 2.40 bits per heavy atom. The Morgan fingerprint density at radius 2 is 1.78 bits per heavy atom. The van der Waals surface area contributed by atoms with Crippen LogP contribution in [0.3, 0.4) is 0 Å². The third kappa shape index (κ3) is 11.9. The number of pyridine rings is 1. The first-order valence-corrected chi connectivity index (χ1v) is 17.3. The Labute approximate surface area is 270 Å². The zero-order chi connectivity index (χ0) is 32.7. The van der Waals surface area contributed by atoms with E-state index in [0.29, 0.717) is 12.2 Å². The number of H-pyrrole nitrogens is 1. The van der Waals surface area contributed by atoms with Gasteiger partial charge in [-0.15, -0.1) is 0 Å². The third-order valence-electron chi connectivity index (χ3n) is 9.17. The molecular weight excluding hydrogens is 562 g/mol. The number of hydrogen-bond donors (Lipinski definition) is 2. The number of likely N-dealkylation sites (tertiary alicyclic amines) is 1. The first-order valence-electron chi connectivity index (χ1n) is 17.3. The maximum atomic E-state index is 11.3. The standard InChI is InChI=1S/C23H29N3O2.C11H19N.C2H6.CH3NO/c1-4-18(27)9-7-5-6-8-10-23-24-15-21(26-23)19-13-17-12-11-16(2)25-20(17)14-22(19)28-3;1-2-10(1)9-12-7-5-11(3-4-11)6-8-12;1-2;2-1-3/h11-15H,4-10H2,1-3H3,(H,24,26);10H,1-9H2;1-2H3;1H,(H2,2,3). The summed E-state index contributed by atoms with van der Waals surface area (Å²) < 4.78 is 5.60. The lowest BCUT2D eigenvalue weighted by Gasteiger charge is -2.31. The summed E-state index contributed by atoms with van der Waals surface area (Å²) in [5.41, 5.74) is 8.92. The molecule has 3 fully saturated rings. The molecule has 45 heavy (non-hydrogen) atoms. The molecule has 0 unspecified atom stereocenters. The minimum Gasteiger partial charge on any atom is -0.496 e. The van der Waals surface area contributed by atoms with Crippen molar-refractivity contribution in [3.63, 3.8) is 0 Å². The van der Waals surface area contributed by atoms with Crippen LogP contribution in [0.5, 0.6) is 5.75 Å². The van der Waals surface area contributed by atoms with Crippen LogP contribution in [0.25, 0.3) is 22.2 Å². The Morgan fingerprint density at radius 1 is 1.09 bits per heavy atom. The van der Waals surface area contributed by atoms with Crippen molar-refractivity contribution in [3.8, 4) is 17.0 Å². The van der Waals surface area contributed by atoms with Gasteiger partial charge in [0.15, 0.2) is 0 Å². The number of rotatable bonds is 12. The Kier molecular flexibility index (Phi) is 15.0. The molecule has 8 heteroatoms. The zero-order valence-electron chi connectivity index (χ0n) is 28.5. The molecule has 3 heterocycles. The maximum absolute atomic E-state index is 11.3. The van der Waals surface area contributed by atoms with Crippen molar-refractivity contribution in [1.82, 2.24) is 19.9 Å². The predicted molar refractivity (Wildman–Crippen MR) is 184 cm³/mol. The van der Waals surface area contributed by atoms with Crippen molar-refractivity contribution in [3.05, 3.63) is 42.0 Å². The van der Waals surface area contributed by atoms with Crippen molar-refractivity contribution >= 4 is 23.1 Å². The smallest absolute Gasteiger partial charge is 0.204 e. The molecule has 1 amide bonds. The van der Waals surface area contributed by atoms with E-state index in [1.807, 2.05) is 46.0 Å². The number of carbonyl (C=O) groups excluding carboxylic acids is 2. The number of carbonyl (C=O) groups is 2. The number of nitrogens with zero attached hydrogens (tertiary/aromatic N) is 3. The maximum Gasteiger partial charge on any atom is 0.204 e. The van der Waals surface area contributed by atoms with Gasteiger partial charge in [-0.2, -0.15) is 0 Å². The van der Waals surface area contributed by atoms with Gasteiger partial charge in [0.2, 0.25) is 6.41 Å². The molecule has 3 N–H and O–H groups in total. The van der Waals surface area contributed by atoms with Gasteiger partial charge >= 0.3 is 0 Å². The number of methoxy groups -OCH3 is 1. The number of hydrogen-bond acceptors (Lipinski definition) is 6. The van der Waals surface area contributed by atoms with E-state index in [1.165, 1.54) is 45.3 Å². The highest BCUT2D eigenvalue weighted by Gasteiger charge is 2.44. The number of ether oxygens (including phenoxy) is 1. The van der Waals surface area contributed by atoms with Gasteiger partial charge in [0.25, 0.3) is 0 Å². The minimum atomic E-state index is 0.250. The van der Waals surface area contributed by atoms with Crippen LogP contribution in [0.1, 0.15) is 109 Å². The summed E-state index contributed by atoms with van der Waals surface area (Å²) in [7, 11) is 1.68. The quantitative estimate of drug-likeness (QED) is 0.158. The molecule has 8 nitrogen and oxygen atoms in total. The van der Waals surface area contributed by atoms with E-state index in [-0.39, 0.29) is 6.41 Å². The summed E-state index contributed by atoms with van der Waals surface area (Å²) in [5, 5.41) is 1.08. The summed E-state index contributed by atoms with van der Waals surface area (Å²) in [5.74, 6) is 3.24. The first kappa shape index (κ1) is 36.2. The first-order chi connectivity index (χ1) is 21.9. The molecule has 3 aliphatic rings. The number of aryl methyl sites for hydroxylation is 2. The van der Waals surface area contributed by atoms with Crippen molar-refractivity contribution in [2.75, 3.05) is 26.7 Å². The fourth-order valence-electron chi connectivity index (χ4n) is 5.96. The summed E-state index contributed by atoms with van der Waals surface area (Å²) in [6, 6.07) is 8.19. The number of fused-ring (bicyclic) bond motifs is 1. The minimum absolute atomic E-state index is 0.250. The molecule has 2 aromatic heterocycles. The Hall–Kier alpha value is -3.26. The molecule has 6 rings (SSSR count). The highest BCUT2D eigenvalue weighted by Crippen LogP contribution is 2.53. The lowest BCUT2D eigenvalue weighted by atomic mass is 9.93. The van der Waals surface area contributed by atoms with Crippen LogP contribution in [0, 0.1) is 18.3 Å². The monoisotopic (exact) mass is 619 g/mol. The molecule has 2 aliphatic carbocycles. The number of piperidine rings is 1. The molecule has 1 spiro atoms. The second kappa shape index (κ2) is 18.6. The van der Waals surface area contributed by atoms with Gasteiger partial charge in [0.05, 0.1) is 24.5 Å². The number of aromatic nitrogens is 3. The lowest BCUT2D eigenvalue weighted by Crippen LogP contribution is -2.35. The normalized spacial score (nSPS) is 16.4. The second-order valence-corrected chi connectivity index (χ2v) is 12.6. The SMILES string of the molecule is C1CC1CN1CCC2(CC1)CC2.CC.CCC(=O)CCCCCCc1ncc(-c2cc3ccc(C)nc3cc2OC)[nH]1.NC=O. The highest BCUT2D eigenvalue weighted by atomic mass is 16.5. The Balaban J connectivity index is 0.000000266. The number of aromatic amines is 1. The van der Waals surface area contributed by atoms with E-state index in [4.69, 9.17) is 9.53 Å². The second-order valence-electron chi connectivity index (χ2n) is 12.6. The van der Waals surface area contributed by atoms with Crippen LogP contribution in [-0.4, -0.2) is 58.8 Å². The van der Waals surface area contributed by atoms with Crippen molar-refractivity contribution in [2.45, 2.75) is 111 Å². The van der Waals surface area contributed by atoms with Gasteiger partial charge < -0.3 is 20.4 Å². The summed E-state index contributed by atoms with van der Waals surface area (Å²) >= 11 is 0. The molecular formula is C37H57N5O3. The molecule has 1 aromatic carbocycles. The van der Waals surface area contributed by atoms with E-state index in [0.717, 1.165) is 89.3 Å². The number of amides is 1. The summed E-state index contributed by atoms with van der Waals surface area (Å²) in [4.78, 5) is 35.2. The average molecular weight is 620 g/mol. The van der Waals surface area contributed by atoms with E-state index in [1.54, 1.807) is 20.0 Å². The molecule has 3 aromatic rings. The number of nitrogens with one attached hydrogen (secondary N) is 1. The van der Waals surface area contributed by atoms with Crippen molar-refractivity contribution < 1.29 is 14.3 Å². The average Bonchev–Trinajstić information content (AvgIpc) is 3.99. The zero-order valence-corrected chi connectivity index (χ0v) is 28.5. The van der Waals surface area contributed by atoms with E-state index in [9.17, 15) is 4.79 Å². The van der Waals surface area contributed by atoms with E-state index in [2.05, 4.69) is 37.7 Å².